The van der Waals surface area contributed by atoms with Crippen LogP contribution in [0.2, 0.25) is 0 Å². The van der Waals surface area contributed by atoms with Crippen LogP contribution in [0.3, 0.4) is 0 Å². The number of hydrogen-bond acceptors (Lipinski definition) is 5. The quantitative estimate of drug-likeness (QED) is 0.901. The summed E-state index contributed by atoms with van der Waals surface area (Å²) in [5, 5.41) is 2.71. The lowest BCUT2D eigenvalue weighted by atomic mass is 10.2. The predicted molar refractivity (Wildman–Crippen MR) is 91.1 cm³/mol. The second-order valence-corrected chi connectivity index (χ2v) is 5.63. The van der Waals surface area contributed by atoms with Crippen LogP contribution in [0, 0.1) is 0 Å². The van der Waals surface area contributed by atoms with Crippen LogP contribution in [0.25, 0.3) is 0 Å². The molecule has 2 aromatic carbocycles. The first-order valence-electron chi connectivity index (χ1n) is 7.67. The van der Waals surface area contributed by atoms with E-state index in [0.717, 1.165) is 0 Å². The van der Waals surface area contributed by atoms with Gasteiger partial charge in [0.2, 0.25) is 6.79 Å². The van der Waals surface area contributed by atoms with Gasteiger partial charge in [-0.05, 0) is 30.3 Å². The van der Waals surface area contributed by atoms with Gasteiger partial charge in [-0.3, -0.25) is 9.59 Å². The molecular weight excluding hydrogens is 324 g/mol. The van der Waals surface area contributed by atoms with E-state index in [9.17, 15) is 9.59 Å². The van der Waals surface area contributed by atoms with Crippen molar-refractivity contribution in [1.29, 1.82) is 0 Å². The summed E-state index contributed by atoms with van der Waals surface area (Å²) in [5.41, 5.74) is 1.03. The summed E-state index contributed by atoms with van der Waals surface area (Å²) in [5.74, 6) is 1.29. The molecule has 2 amide bonds. The molecule has 1 aliphatic rings. The van der Waals surface area contributed by atoms with Gasteiger partial charge in [-0.1, -0.05) is 6.07 Å². The van der Waals surface area contributed by atoms with E-state index >= 15 is 0 Å². The maximum atomic E-state index is 12.0. The average molecular weight is 342 g/mol. The molecular formula is C18H18N2O5. The summed E-state index contributed by atoms with van der Waals surface area (Å²) in [6.45, 7) is 0.0206. The highest BCUT2D eigenvalue weighted by Gasteiger charge is 2.14. The summed E-state index contributed by atoms with van der Waals surface area (Å²) in [6.07, 6.45) is 0. The van der Waals surface area contributed by atoms with Crippen LogP contribution in [0.15, 0.2) is 42.5 Å². The van der Waals surface area contributed by atoms with Crippen LogP contribution in [0.1, 0.15) is 10.4 Å². The molecule has 7 nitrogen and oxygen atoms in total. The zero-order chi connectivity index (χ0) is 17.8. The minimum absolute atomic E-state index is 0.132. The highest BCUT2D eigenvalue weighted by atomic mass is 16.7. The molecule has 0 bridgehead atoms. The van der Waals surface area contributed by atoms with Crippen molar-refractivity contribution in [2.24, 2.45) is 0 Å². The highest BCUT2D eigenvalue weighted by Crippen LogP contribution is 2.35. The number of nitrogens with one attached hydrogen (secondary N) is 1. The monoisotopic (exact) mass is 342 g/mol. The van der Waals surface area contributed by atoms with Crippen molar-refractivity contribution in [2.75, 3.05) is 32.8 Å². The predicted octanol–water partition coefficient (Wildman–Crippen LogP) is 2.13. The molecule has 130 valence electrons. The van der Waals surface area contributed by atoms with Gasteiger partial charge < -0.3 is 24.4 Å². The lowest BCUT2D eigenvalue weighted by Gasteiger charge is -2.12. The number of nitrogens with zero attached hydrogens (tertiary/aromatic N) is 1. The van der Waals surface area contributed by atoms with Crippen molar-refractivity contribution in [3.05, 3.63) is 48.0 Å². The number of fused-ring (bicyclic) bond motifs is 1. The van der Waals surface area contributed by atoms with E-state index in [1.54, 1.807) is 56.6 Å². The van der Waals surface area contributed by atoms with Gasteiger partial charge in [0.1, 0.15) is 5.75 Å². The third kappa shape index (κ3) is 4.00. The van der Waals surface area contributed by atoms with Crippen molar-refractivity contribution in [3.63, 3.8) is 0 Å². The van der Waals surface area contributed by atoms with Crippen LogP contribution >= 0.6 is 0 Å². The minimum Gasteiger partial charge on any atom is -0.484 e. The molecule has 7 heteroatoms. The molecule has 0 saturated carbocycles. The summed E-state index contributed by atoms with van der Waals surface area (Å²) in [6, 6.07) is 11.9. The smallest absolute Gasteiger partial charge is 0.262 e. The highest BCUT2D eigenvalue weighted by molar-refractivity contribution is 5.97. The minimum atomic E-state index is -0.327. The first-order valence-corrected chi connectivity index (χ1v) is 7.67. The average Bonchev–Trinajstić information content (AvgIpc) is 3.07. The molecule has 1 N–H and O–H groups in total. The molecule has 1 aliphatic heterocycles. The third-order valence-electron chi connectivity index (χ3n) is 3.51. The van der Waals surface area contributed by atoms with E-state index < -0.39 is 0 Å². The summed E-state index contributed by atoms with van der Waals surface area (Å²) < 4.78 is 15.9. The van der Waals surface area contributed by atoms with Gasteiger partial charge in [-0.25, -0.2) is 0 Å². The summed E-state index contributed by atoms with van der Waals surface area (Å²) >= 11 is 0. The fourth-order valence-electron chi connectivity index (χ4n) is 2.30. The fourth-order valence-corrected chi connectivity index (χ4v) is 2.30. The molecule has 0 unspecified atom stereocenters. The van der Waals surface area contributed by atoms with Gasteiger partial charge in [0.05, 0.1) is 0 Å². The molecule has 25 heavy (non-hydrogen) atoms. The standard InChI is InChI=1S/C18H18N2O5/c1-20(2)18(22)12-4-3-5-13(8-12)19-17(21)10-23-14-6-7-15-16(9-14)25-11-24-15/h3-9H,10-11H2,1-2H3,(H,19,21). The van der Waals surface area contributed by atoms with Crippen LogP contribution in [0.5, 0.6) is 17.2 Å². The van der Waals surface area contributed by atoms with Crippen molar-refractivity contribution >= 4 is 17.5 Å². The lowest BCUT2D eigenvalue weighted by molar-refractivity contribution is -0.118. The van der Waals surface area contributed by atoms with Gasteiger partial charge in [-0.15, -0.1) is 0 Å². The van der Waals surface area contributed by atoms with E-state index in [4.69, 9.17) is 14.2 Å². The van der Waals surface area contributed by atoms with Gasteiger partial charge in [-0.2, -0.15) is 0 Å². The Labute approximate surface area is 145 Å². The maximum Gasteiger partial charge on any atom is 0.262 e. The number of amides is 2. The molecule has 3 rings (SSSR count). The second-order valence-electron chi connectivity index (χ2n) is 5.63. The van der Waals surface area contributed by atoms with Gasteiger partial charge in [0, 0.05) is 31.4 Å². The van der Waals surface area contributed by atoms with Crippen molar-refractivity contribution < 1.29 is 23.8 Å². The van der Waals surface area contributed by atoms with E-state index in [0.29, 0.717) is 28.5 Å². The third-order valence-corrected chi connectivity index (χ3v) is 3.51. The van der Waals surface area contributed by atoms with Crippen molar-refractivity contribution in [1.82, 2.24) is 4.90 Å². The van der Waals surface area contributed by atoms with E-state index in [1.807, 2.05) is 0 Å². The number of ether oxygens (including phenoxy) is 3. The zero-order valence-corrected chi connectivity index (χ0v) is 13.9. The Balaban J connectivity index is 1.57. The Hall–Kier alpha value is -3.22. The number of hydrogen-bond donors (Lipinski definition) is 1. The largest absolute Gasteiger partial charge is 0.484 e. The lowest BCUT2D eigenvalue weighted by Crippen LogP contribution is -2.23. The summed E-state index contributed by atoms with van der Waals surface area (Å²) in [7, 11) is 3.35. The Morgan fingerprint density at radius 2 is 1.92 bits per heavy atom. The molecule has 0 radical (unpaired) electrons. The number of rotatable bonds is 5. The van der Waals surface area contributed by atoms with Crippen molar-refractivity contribution in [2.45, 2.75) is 0 Å². The Morgan fingerprint density at radius 1 is 1.12 bits per heavy atom. The number of anilines is 1. The van der Waals surface area contributed by atoms with Crippen LogP contribution in [0.4, 0.5) is 5.69 Å². The first-order chi connectivity index (χ1) is 12.0. The first kappa shape index (κ1) is 16.6. The van der Waals surface area contributed by atoms with Gasteiger partial charge in [0.15, 0.2) is 18.1 Å². The Kier molecular flexibility index (Phi) is 4.74. The van der Waals surface area contributed by atoms with E-state index in [-0.39, 0.29) is 25.2 Å². The summed E-state index contributed by atoms with van der Waals surface area (Å²) in [4.78, 5) is 25.5. The maximum absolute atomic E-state index is 12.0. The van der Waals surface area contributed by atoms with Crippen LogP contribution in [-0.2, 0) is 4.79 Å². The molecule has 0 aliphatic carbocycles. The molecule has 0 atom stereocenters. The molecule has 0 spiro atoms. The van der Waals surface area contributed by atoms with E-state index in [1.165, 1.54) is 4.90 Å². The molecule has 2 aromatic rings. The SMILES string of the molecule is CN(C)C(=O)c1cccc(NC(=O)COc2ccc3c(c2)OCO3)c1. The molecule has 0 saturated heterocycles. The normalized spacial score (nSPS) is 11.8. The van der Waals surface area contributed by atoms with Crippen LogP contribution < -0.4 is 19.5 Å². The Bertz CT molecular complexity index is 804. The molecule has 0 fully saturated rings. The topological polar surface area (TPSA) is 77.1 Å². The Morgan fingerprint density at radius 3 is 2.72 bits per heavy atom. The second kappa shape index (κ2) is 7.12. The van der Waals surface area contributed by atoms with Gasteiger partial charge >= 0.3 is 0 Å². The number of carbonyl (C=O) groups excluding carboxylic acids is 2. The van der Waals surface area contributed by atoms with Crippen LogP contribution in [-0.4, -0.2) is 44.2 Å². The van der Waals surface area contributed by atoms with Gasteiger partial charge in [0.25, 0.3) is 11.8 Å². The van der Waals surface area contributed by atoms with E-state index in [2.05, 4.69) is 5.32 Å². The fraction of sp³-hybridized carbons (Fsp3) is 0.222. The molecule has 0 aromatic heterocycles. The zero-order valence-electron chi connectivity index (χ0n) is 13.9. The number of carbonyl (C=O) groups is 2. The number of benzene rings is 2. The molecule has 1 heterocycles. The van der Waals surface area contributed by atoms with Crippen molar-refractivity contribution in [3.8, 4) is 17.2 Å².